The van der Waals surface area contributed by atoms with Crippen molar-refractivity contribution in [1.82, 2.24) is 5.32 Å². The van der Waals surface area contributed by atoms with Gasteiger partial charge in [0.15, 0.2) is 0 Å². The Morgan fingerprint density at radius 3 is 2.43 bits per heavy atom. The summed E-state index contributed by atoms with van der Waals surface area (Å²) in [4.78, 5) is 10.7. The van der Waals surface area contributed by atoms with Gasteiger partial charge in [-0.15, -0.1) is 0 Å². The Kier molecular flexibility index (Phi) is 7.98. The molecule has 1 atom stereocenters. The van der Waals surface area contributed by atoms with E-state index in [-0.39, 0.29) is 16.7 Å². The van der Waals surface area contributed by atoms with Crippen LogP contribution in [0.25, 0.3) is 0 Å². The van der Waals surface area contributed by atoms with Crippen molar-refractivity contribution < 1.29 is 4.92 Å². The molecule has 0 amide bonds. The summed E-state index contributed by atoms with van der Waals surface area (Å²) in [6.07, 6.45) is 6.24. The number of nitrogens with zero attached hydrogens (tertiary/aromatic N) is 1. The Balaban J connectivity index is 2.28. The first kappa shape index (κ1) is 17.6. The molecule has 0 bridgehead atoms. The summed E-state index contributed by atoms with van der Waals surface area (Å²) >= 11 is 0. The minimum atomic E-state index is -0.306. The molecule has 118 valence electrons. The Morgan fingerprint density at radius 1 is 1.10 bits per heavy atom. The van der Waals surface area contributed by atoms with Gasteiger partial charge in [-0.25, -0.2) is 0 Å². The van der Waals surface area contributed by atoms with Crippen LogP contribution < -0.4 is 5.32 Å². The summed E-state index contributed by atoms with van der Waals surface area (Å²) in [6.45, 7) is 7.42. The molecule has 4 heteroatoms. The summed E-state index contributed by atoms with van der Waals surface area (Å²) in [6, 6.07) is 6.98. The number of para-hydroxylation sites is 1. The van der Waals surface area contributed by atoms with Crippen LogP contribution >= 0.6 is 0 Å². The summed E-state index contributed by atoms with van der Waals surface area (Å²) in [5, 5.41) is 14.4. The Bertz CT molecular complexity index is 433. The zero-order chi connectivity index (χ0) is 15.7. The molecule has 0 aliphatic heterocycles. The second kappa shape index (κ2) is 9.50. The average Bonchev–Trinajstić information content (AvgIpc) is 2.45. The van der Waals surface area contributed by atoms with Crippen molar-refractivity contribution in [2.45, 2.75) is 58.9 Å². The maximum atomic E-state index is 11.0. The molecule has 0 aliphatic carbocycles. The molecular weight excluding hydrogens is 264 g/mol. The fourth-order valence-corrected chi connectivity index (χ4v) is 2.48. The molecule has 0 heterocycles. The van der Waals surface area contributed by atoms with Gasteiger partial charge < -0.3 is 5.32 Å². The van der Waals surface area contributed by atoms with Crippen molar-refractivity contribution in [2.75, 3.05) is 6.54 Å². The zero-order valence-corrected chi connectivity index (χ0v) is 13.5. The van der Waals surface area contributed by atoms with Crippen molar-refractivity contribution in [3.63, 3.8) is 0 Å². The SMILES string of the molecule is CC(C)CCCCCCNC(C)c1ccccc1[N+](=O)[O-]. The highest BCUT2D eigenvalue weighted by molar-refractivity contribution is 5.41. The number of rotatable bonds is 10. The number of hydrogen-bond acceptors (Lipinski definition) is 3. The Morgan fingerprint density at radius 2 is 1.76 bits per heavy atom. The van der Waals surface area contributed by atoms with E-state index in [1.54, 1.807) is 12.1 Å². The third-order valence-corrected chi connectivity index (χ3v) is 3.76. The van der Waals surface area contributed by atoms with Crippen LogP contribution in [-0.2, 0) is 0 Å². The Hall–Kier alpha value is -1.42. The fraction of sp³-hybridized carbons (Fsp3) is 0.647. The highest BCUT2D eigenvalue weighted by Crippen LogP contribution is 2.24. The minimum absolute atomic E-state index is 0.0160. The van der Waals surface area contributed by atoms with Crippen LogP contribution in [0.15, 0.2) is 24.3 Å². The van der Waals surface area contributed by atoms with Gasteiger partial charge in [-0.05, 0) is 25.8 Å². The minimum Gasteiger partial charge on any atom is -0.310 e. The van der Waals surface area contributed by atoms with Crippen molar-refractivity contribution in [3.05, 3.63) is 39.9 Å². The lowest BCUT2D eigenvalue weighted by atomic mass is 10.0. The monoisotopic (exact) mass is 292 g/mol. The van der Waals surface area contributed by atoms with Crippen LogP contribution in [0.4, 0.5) is 5.69 Å². The lowest BCUT2D eigenvalue weighted by Crippen LogP contribution is -2.20. The number of nitro benzene ring substituents is 1. The van der Waals surface area contributed by atoms with Gasteiger partial charge in [0.2, 0.25) is 0 Å². The van der Waals surface area contributed by atoms with Gasteiger partial charge in [0.05, 0.1) is 4.92 Å². The summed E-state index contributed by atoms with van der Waals surface area (Å²) in [7, 11) is 0. The lowest BCUT2D eigenvalue weighted by Gasteiger charge is -2.14. The normalized spacial score (nSPS) is 12.6. The molecule has 4 nitrogen and oxygen atoms in total. The zero-order valence-electron chi connectivity index (χ0n) is 13.5. The number of hydrogen-bond donors (Lipinski definition) is 1. The predicted octanol–water partition coefficient (Wildman–Crippen LogP) is 4.85. The first-order valence-electron chi connectivity index (χ1n) is 7.99. The second-order valence-corrected chi connectivity index (χ2v) is 6.09. The van der Waals surface area contributed by atoms with Crippen LogP contribution in [-0.4, -0.2) is 11.5 Å². The number of benzene rings is 1. The van der Waals surface area contributed by atoms with E-state index in [0.717, 1.165) is 24.4 Å². The Labute approximate surface area is 128 Å². The molecule has 1 unspecified atom stereocenters. The topological polar surface area (TPSA) is 55.2 Å². The molecule has 0 spiro atoms. The molecule has 0 saturated carbocycles. The van der Waals surface area contributed by atoms with E-state index in [9.17, 15) is 10.1 Å². The van der Waals surface area contributed by atoms with Crippen LogP contribution in [0.1, 0.15) is 64.5 Å². The van der Waals surface area contributed by atoms with Gasteiger partial charge in [-0.3, -0.25) is 10.1 Å². The maximum Gasteiger partial charge on any atom is 0.274 e. The standard InChI is InChI=1S/C17H28N2O2/c1-14(2)10-6-4-5-9-13-18-15(3)16-11-7-8-12-17(16)19(20)21/h7-8,11-12,14-15,18H,4-6,9-10,13H2,1-3H3. The summed E-state index contributed by atoms with van der Waals surface area (Å²) in [5.41, 5.74) is 0.969. The van der Waals surface area contributed by atoms with E-state index in [2.05, 4.69) is 19.2 Å². The van der Waals surface area contributed by atoms with Crippen molar-refractivity contribution in [1.29, 1.82) is 0 Å². The predicted molar refractivity (Wildman–Crippen MR) is 87.4 cm³/mol. The molecule has 1 aromatic carbocycles. The van der Waals surface area contributed by atoms with Gasteiger partial charge >= 0.3 is 0 Å². The van der Waals surface area contributed by atoms with Crippen molar-refractivity contribution in [3.8, 4) is 0 Å². The van der Waals surface area contributed by atoms with Crippen LogP contribution in [0.2, 0.25) is 0 Å². The fourth-order valence-electron chi connectivity index (χ4n) is 2.48. The molecule has 21 heavy (non-hydrogen) atoms. The first-order valence-corrected chi connectivity index (χ1v) is 7.99. The van der Waals surface area contributed by atoms with Gasteiger partial charge in [0, 0.05) is 17.7 Å². The molecule has 1 N–H and O–H groups in total. The average molecular weight is 292 g/mol. The smallest absolute Gasteiger partial charge is 0.274 e. The van der Waals surface area contributed by atoms with Gasteiger partial charge in [-0.1, -0.05) is 57.7 Å². The van der Waals surface area contributed by atoms with Gasteiger partial charge in [-0.2, -0.15) is 0 Å². The number of nitro groups is 1. The molecule has 1 aromatic rings. The van der Waals surface area contributed by atoms with E-state index >= 15 is 0 Å². The third kappa shape index (κ3) is 6.71. The first-order chi connectivity index (χ1) is 10.0. The highest BCUT2D eigenvalue weighted by atomic mass is 16.6. The van der Waals surface area contributed by atoms with E-state index < -0.39 is 0 Å². The van der Waals surface area contributed by atoms with E-state index in [1.165, 1.54) is 25.7 Å². The van der Waals surface area contributed by atoms with E-state index in [4.69, 9.17) is 0 Å². The highest BCUT2D eigenvalue weighted by Gasteiger charge is 2.17. The third-order valence-electron chi connectivity index (χ3n) is 3.76. The molecule has 0 aromatic heterocycles. The molecule has 0 radical (unpaired) electrons. The van der Waals surface area contributed by atoms with E-state index in [0.29, 0.717) is 0 Å². The number of nitrogens with one attached hydrogen (secondary N) is 1. The summed E-state index contributed by atoms with van der Waals surface area (Å²) < 4.78 is 0. The summed E-state index contributed by atoms with van der Waals surface area (Å²) in [5.74, 6) is 0.793. The molecule has 1 rings (SSSR count). The maximum absolute atomic E-state index is 11.0. The van der Waals surface area contributed by atoms with Gasteiger partial charge in [0.1, 0.15) is 0 Å². The van der Waals surface area contributed by atoms with Crippen molar-refractivity contribution in [2.24, 2.45) is 5.92 Å². The number of unbranched alkanes of at least 4 members (excludes halogenated alkanes) is 3. The molecule has 0 aliphatic rings. The second-order valence-electron chi connectivity index (χ2n) is 6.09. The van der Waals surface area contributed by atoms with Gasteiger partial charge in [0.25, 0.3) is 5.69 Å². The lowest BCUT2D eigenvalue weighted by molar-refractivity contribution is -0.385. The van der Waals surface area contributed by atoms with Crippen LogP contribution in [0.3, 0.4) is 0 Å². The molecule has 0 saturated heterocycles. The molecular formula is C17H28N2O2. The van der Waals surface area contributed by atoms with E-state index in [1.807, 2.05) is 19.1 Å². The van der Waals surface area contributed by atoms with Crippen LogP contribution in [0, 0.1) is 16.0 Å². The largest absolute Gasteiger partial charge is 0.310 e. The quantitative estimate of drug-likeness (QED) is 0.381. The van der Waals surface area contributed by atoms with Crippen LogP contribution in [0.5, 0.6) is 0 Å². The van der Waals surface area contributed by atoms with Crippen molar-refractivity contribution >= 4 is 5.69 Å². The molecule has 0 fully saturated rings.